The van der Waals surface area contributed by atoms with Crippen molar-refractivity contribution in [3.05, 3.63) is 30.1 Å². The lowest BCUT2D eigenvalue weighted by molar-refractivity contribution is -0.136. The van der Waals surface area contributed by atoms with E-state index >= 15 is 0 Å². The highest BCUT2D eigenvalue weighted by atomic mass is 19.1. The maximum atomic E-state index is 13.2. The highest BCUT2D eigenvalue weighted by Gasteiger charge is 2.56. The number of urea groups is 1. The maximum Gasteiger partial charge on any atom is 0.325 e. The van der Waals surface area contributed by atoms with Crippen molar-refractivity contribution in [2.75, 3.05) is 11.9 Å². The van der Waals surface area contributed by atoms with Crippen LogP contribution in [0.4, 0.5) is 14.9 Å². The lowest BCUT2D eigenvalue weighted by Gasteiger charge is -2.43. The van der Waals surface area contributed by atoms with Crippen LogP contribution in [0.2, 0.25) is 0 Å². The molecule has 1 aliphatic carbocycles. The molecule has 2 aliphatic rings. The van der Waals surface area contributed by atoms with Crippen LogP contribution in [0.1, 0.15) is 40.0 Å². The molecule has 140 valence electrons. The Morgan fingerprint density at radius 3 is 2.73 bits per heavy atom. The molecule has 1 spiro atoms. The molecule has 1 aromatic rings. The second-order valence-electron chi connectivity index (χ2n) is 8.32. The average Bonchev–Trinajstić information content (AvgIpc) is 2.68. The molecule has 7 heteroatoms. The topological polar surface area (TPSA) is 78.5 Å². The van der Waals surface area contributed by atoms with Gasteiger partial charge in [-0.25, -0.2) is 9.18 Å². The fraction of sp³-hybridized carbons (Fsp3) is 0.526. The molecule has 2 atom stereocenters. The van der Waals surface area contributed by atoms with E-state index in [1.54, 1.807) is 6.07 Å². The predicted octanol–water partition coefficient (Wildman–Crippen LogP) is 2.90. The number of rotatable bonds is 3. The third-order valence-corrected chi connectivity index (χ3v) is 5.03. The molecule has 2 N–H and O–H groups in total. The normalized spacial score (nSPS) is 27.5. The summed E-state index contributed by atoms with van der Waals surface area (Å²) >= 11 is 0. The molecule has 2 fully saturated rings. The average molecular weight is 361 g/mol. The van der Waals surface area contributed by atoms with Crippen molar-refractivity contribution in [2.45, 2.75) is 45.6 Å². The van der Waals surface area contributed by atoms with Gasteiger partial charge in [0.1, 0.15) is 17.9 Å². The smallest absolute Gasteiger partial charge is 0.324 e. The number of imide groups is 1. The minimum absolute atomic E-state index is 0.0690. The van der Waals surface area contributed by atoms with Gasteiger partial charge in [-0.15, -0.1) is 0 Å². The Morgan fingerprint density at radius 1 is 1.35 bits per heavy atom. The second kappa shape index (κ2) is 6.37. The number of amides is 4. The lowest BCUT2D eigenvalue weighted by atomic mass is 9.64. The van der Waals surface area contributed by atoms with Crippen molar-refractivity contribution in [1.82, 2.24) is 10.2 Å². The zero-order chi connectivity index (χ0) is 19.1. The standard InChI is InChI=1S/C19H24FN3O3/c1-12-8-18(2,3)11-19(9-12)16(25)23(17(26)22-19)10-15(24)21-14-6-4-5-13(20)7-14/h4-7,12H,8-11H2,1-3H3,(H,21,24)(H,22,26)/t12-,19+/m0/s1. The first kappa shape index (κ1) is 18.4. The predicted molar refractivity (Wildman–Crippen MR) is 94.8 cm³/mol. The van der Waals surface area contributed by atoms with Crippen LogP contribution < -0.4 is 10.6 Å². The second-order valence-corrected chi connectivity index (χ2v) is 8.32. The number of halogens is 1. The van der Waals surface area contributed by atoms with Crippen LogP contribution in [0.3, 0.4) is 0 Å². The van der Waals surface area contributed by atoms with Crippen LogP contribution in [0, 0.1) is 17.2 Å². The first-order valence-corrected chi connectivity index (χ1v) is 8.80. The third kappa shape index (κ3) is 3.57. The molecule has 1 heterocycles. The van der Waals surface area contributed by atoms with Crippen LogP contribution >= 0.6 is 0 Å². The monoisotopic (exact) mass is 361 g/mol. The van der Waals surface area contributed by atoms with Gasteiger partial charge in [0.05, 0.1) is 0 Å². The summed E-state index contributed by atoms with van der Waals surface area (Å²) in [5.41, 5.74) is -0.720. The van der Waals surface area contributed by atoms with Crippen molar-refractivity contribution >= 4 is 23.5 Å². The van der Waals surface area contributed by atoms with E-state index in [0.717, 1.165) is 11.3 Å². The number of nitrogens with zero attached hydrogens (tertiary/aromatic N) is 1. The molecule has 1 aromatic carbocycles. The number of benzene rings is 1. The Hall–Kier alpha value is -2.44. The molecule has 26 heavy (non-hydrogen) atoms. The van der Waals surface area contributed by atoms with Crippen LogP contribution in [0.15, 0.2) is 24.3 Å². The molecule has 1 saturated carbocycles. The minimum atomic E-state index is -0.933. The summed E-state index contributed by atoms with van der Waals surface area (Å²) in [7, 11) is 0. The molecular formula is C19H24FN3O3. The van der Waals surface area contributed by atoms with Gasteiger partial charge in [-0.05, 0) is 48.8 Å². The van der Waals surface area contributed by atoms with Crippen molar-refractivity contribution in [3.63, 3.8) is 0 Å². The molecule has 3 rings (SSSR count). The summed E-state index contributed by atoms with van der Waals surface area (Å²) in [4.78, 5) is 38.5. The Bertz CT molecular complexity index is 764. The zero-order valence-corrected chi connectivity index (χ0v) is 15.3. The molecule has 0 unspecified atom stereocenters. The van der Waals surface area contributed by atoms with E-state index in [-0.39, 0.29) is 17.0 Å². The van der Waals surface area contributed by atoms with Crippen LogP contribution in [0.5, 0.6) is 0 Å². The van der Waals surface area contributed by atoms with E-state index in [1.165, 1.54) is 18.2 Å². The molecule has 6 nitrogen and oxygen atoms in total. The van der Waals surface area contributed by atoms with Crippen molar-refractivity contribution < 1.29 is 18.8 Å². The first-order chi connectivity index (χ1) is 12.1. The molecule has 4 amide bonds. The summed E-state index contributed by atoms with van der Waals surface area (Å²) in [5.74, 6) is -1.07. The number of hydrogen-bond acceptors (Lipinski definition) is 3. The summed E-state index contributed by atoms with van der Waals surface area (Å²) in [6.45, 7) is 5.85. The minimum Gasteiger partial charge on any atom is -0.324 e. The maximum absolute atomic E-state index is 13.2. The van der Waals surface area contributed by atoms with Gasteiger partial charge in [0.15, 0.2) is 0 Å². The molecule has 0 radical (unpaired) electrons. The van der Waals surface area contributed by atoms with Gasteiger partial charge in [0, 0.05) is 5.69 Å². The van der Waals surface area contributed by atoms with Gasteiger partial charge < -0.3 is 10.6 Å². The first-order valence-electron chi connectivity index (χ1n) is 8.80. The lowest BCUT2D eigenvalue weighted by Crippen LogP contribution is -2.54. The van der Waals surface area contributed by atoms with Gasteiger partial charge >= 0.3 is 6.03 Å². The summed E-state index contributed by atoms with van der Waals surface area (Å²) < 4.78 is 13.2. The Balaban J connectivity index is 1.72. The van der Waals surface area contributed by atoms with Crippen LogP contribution in [-0.2, 0) is 9.59 Å². The highest BCUT2D eigenvalue weighted by molar-refractivity contribution is 6.10. The van der Waals surface area contributed by atoms with Crippen molar-refractivity contribution in [2.24, 2.45) is 11.3 Å². The Labute approximate surface area is 152 Å². The number of carbonyl (C=O) groups is 3. The SMILES string of the molecule is C[C@H]1CC(C)(C)C[C@@]2(C1)NC(=O)N(CC(=O)Nc1cccc(F)c1)C2=O. The van der Waals surface area contributed by atoms with E-state index in [0.29, 0.717) is 18.8 Å². The highest BCUT2D eigenvalue weighted by Crippen LogP contribution is 2.46. The molecule has 1 saturated heterocycles. The number of anilines is 1. The van der Waals surface area contributed by atoms with Gasteiger partial charge in [-0.2, -0.15) is 0 Å². The molecule has 0 aromatic heterocycles. The van der Waals surface area contributed by atoms with Crippen LogP contribution in [-0.4, -0.2) is 34.8 Å². The molecule has 0 bridgehead atoms. The summed E-state index contributed by atoms with van der Waals surface area (Å²) in [5, 5.41) is 5.35. The van der Waals surface area contributed by atoms with Gasteiger partial charge in [0.25, 0.3) is 5.91 Å². The van der Waals surface area contributed by atoms with Crippen molar-refractivity contribution in [3.8, 4) is 0 Å². The van der Waals surface area contributed by atoms with E-state index in [2.05, 4.69) is 31.4 Å². The Morgan fingerprint density at radius 2 is 2.08 bits per heavy atom. The largest absolute Gasteiger partial charge is 0.325 e. The van der Waals surface area contributed by atoms with Gasteiger partial charge in [-0.1, -0.05) is 26.8 Å². The quantitative estimate of drug-likeness (QED) is 0.813. The fourth-order valence-electron chi connectivity index (χ4n) is 4.56. The molecular weight excluding hydrogens is 337 g/mol. The van der Waals surface area contributed by atoms with E-state index < -0.39 is 29.8 Å². The van der Waals surface area contributed by atoms with Gasteiger partial charge in [0.2, 0.25) is 5.91 Å². The molecule has 1 aliphatic heterocycles. The number of nitrogens with one attached hydrogen (secondary N) is 2. The van der Waals surface area contributed by atoms with Crippen molar-refractivity contribution in [1.29, 1.82) is 0 Å². The van der Waals surface area contributed by atoms with E-state index in [1.807, 2.05) is 0 Å². The zero-order valence-electron chi connectivity index (χ0n) is 15.3. The van der Waals surface area contributed by atoms with E-state index in [9.17, 15) is 18.8 Å². The summed E-state index contributed by atoms with van der Waals surface area (Å²) in [6, 6.07) is 4.91. The third-order valence-electron chi connectivity index (χ3n) is 5.03. The van der Waals surface area contributed by atoms with Gasteiger partial charge in [-0.3, -0.25) is 14.5 Å². The fourth-order valence-corrected chi connectivity index (χ4v) is 4.56. The Kier molecular flexibility index (Phi) is 4.50. The summed E-state index contributed by atoms with van der Waals surface area (Å²) in [6.07, 6.45) is 2.11. The number of hydrogen-bond donors (Lipinski definition) is 2. The van der Waals surface area contributed by atoms with Crippen LogP contribution in [0.25, 0.3) is 0 Å². The number of carbonyl (C=O) groups excluding carboxylic acids is 3. The van der Waals surface area contributed by atoms with E-state index in [4.69, 9.17) is 0 Å².